The lowest BCUT2D eigenvalue weighted by Crippen LogP contribution is -2.32. The van der Waals surface area contributed by atoms with Crippen molar-refractivity contribution in [1.29, 1.82) is 0 Å². The van der Waals surface area contributed by atoms with E-state index in [9.17, 15) is 0 Å². The summed E-state index contributed by atoms with van der Waals surface area (Å²) in [5.41, 5.74) is 1.18. The van der Waals surface area contributed by atoms with Crippen LogP contribution in [0.1, 0.15) is 26.2 Å². The third kappa shape index (κ3) is 6.26. The number of likely N-dealkylation sites (N-methyl/N-ethyl adjacent to an activating group) is 1. The molecule has 0 aliphatic heterocycles. The summed E-state index contributed by atoms with van der Waals surface area (Å²) in [6.45, 7) is 5.91. The average molecular weight is 280 g/mol. The Balaban J connectivity index is 2.56. The van der Waals surface area contributed by atoms with Gasteiger partial charge >= 0.3 is 0 Å². The number of aliphatic hydroxyl groups is 1. The smallest absolute Gasteiger partial charge is 0.119 e. The van der Waals surface area contributed by atoms with Gasteiger partial charge in [0.15, 0.2) is 0 Å². The van der Waals surface area contributed by atoms with Crippen molar-refractivity contribution in [3.63, 3.8) is 0 Å². The lowest BCUT2D eigenvalue weighted by atomic mass is 10.2. The molecule has 0 aliphatic rings. The molecule has 0 atom stereocenters. The highest BCUT2D eigenvalue weighted by Gasteiger charge is 2.05. The summed E-state index contributed by atoms with van der Waals surface area (Å²) < 4.78 is 5.67. The largest absolute Gasteiger partial charge is 0.494 e. The number of nitrogens with one attached hydrogen (secondary N) is 1. The molecule has 0 fully saturated rings. The van der Waals surface area contributed by atoms with Crippen LogP contribution in [0.5, 0.6) is 5.75 Å². The zero-order chi connectivity index (χ0) is 14.6. The summed E-state index contributed by atoms with van der Waals surface area (Å²) in [6.07, 6.45) is 3.03. The van der Waals surface area contributed by atoms with Crippen LogP contribution in [-0.4, -0.2) is 45.0 Å². The van der Waals surface area contributed by atoms with Crippen molar-refractivity contribution in [3.05, 3.63) is 24.3 Å². The van der Waals surface area contributed by atoms with Gasteiger partial charge in [0.2, 0.25) is 0 Å². The van der Waals surface area contributed by atoms with Crippen LogP contribution >= 0.6 is 0 Å². The molecule has 4 heteroatoms. The maximum Gasteiger partial charge on any atom is 0.119 e. The van der Waals surface area contributed by atoms with Crippen LogP contribution in [0.2, 0.25) is 0 Å². The molecule has 1 rings (SSSR count). The first-order valence-electron chi connectivity index (χ1n) is 7.55. The second kappa shape index (κ2) is 10.5. The van der Waals surface area contributed by atoms with Gasteiger partial charge < -0.3 is 20.1 Å². The van der Waals surface area contributed by atoms with E-state index in [1.165, 1.54) is 5.69 Å². The summed E-state index contributed by atoms with van der Waals surface area (Å²) in [7, 11) is 1.95. The van der Waals surface area contributed by atoms with Crippen molar-refractivity contribution in [2.75, 3.05) is 44.8 Å². The number of anilines is 1. The molecule has 0 amide bonds. The van der Waals surface area contributed by atoms with E-state index in [0.717, 1.165) is 51.3 Å². The van der Waals surface area contributed by atoms with Crippen LogP contribution in [0.15, 0.2) is 24.3 Å². The maximum atomic E-state index is 8.99. The Morgan fingerprint density at radius 2 is 1.90 bits per heavy atom. The number of ether oxygens (including phenoxy) is 1. The number of benzene rings is 1. The highest BCUT2D eigenvalue weighted by Crippen LogP contribution is 2.19. The first-order valence-corrected chi connectivity index (χ1v) is 7.55. The van der Waals surface area contributed by atoms with Crippen molar-refractivity contribution in [1.82, 2.24) is 5.32 Å². The van der Waals surface area contributed by atoms with E-state index in [2.05, 4.69) is 29.3 Å². The van der Waals surface area contributed by atoms with Gasteiger partial charge in [0, 0.05) is 31.9 Å². The van der Waals surface area contributed by atoms with Gasteiger partial charge in [-0.3, -0.25) is 0 Å². The summed E-state index contributed by atoms with van der Waals surface area (Å²) >= 11 is 0. The highest BCUT2D eigenvalue weighted by molar-refractivity contribution is 5.49. The maximum absolute atomic E-state index is 8.99. The molecule has 2 N–H and O–H groups in total. The second-order valence-corrected chi connectivity index (χ2v) is 4.86. The van der Waals surface area contributed by atoms with Gasteiger partial charge in [-0.2, -0.15) is 0 Å². The minimum absolute atomic E-state index is 0.230. The predicted octanol–water partition coefficient (Wildman–Crippen LogP) is 2.27. The molecular formula is C16H28N2O2. The molecule has 0 spiro atoms. The number of nitrogens with zero attached hydrogens (tertiary/aromatic N) is 1. The number of rotatable bonds is 11. The molecule has 20 heavy (non-hydrogen) atoms. The van der Waals surface area contributed by atoms with Gasteiger partial charge in [0.1, 0.15) is 5.75 Å². The quantitative estimate of drug-likeness (QED) is 0.610. The molecule has 4 nitrogen and oxygen atoms in total. The average Bonchev–Trinajstić information content (AvgIpc) is 2.49. The third-order valence-electron chi connectivity index (χ3n) is 3.19. The molecule has 0 saturated carbocycles. The van der Waals surface area contributed by atoms with Crippen LogP contribution in [0, 0.1) is 0 Å². The molecule has 114 valence electrons. The summed E-state index contributed by atoms with van der Waals surface area (Å²) in [4.78, 5) is 2.28. The number of hydrogen-bond donors (Lipinski definition) is 2. The Hall–Kier alpha value is -1.26. The van der Waals surface area contributed by atoms with Crippen molar-refractivity contribution in [2.24, 2.45) is 0 Å². The van der Waals surface area contributed by atoms with Crippen LogP contribution in [0.25, 0.3) is 0 Å². The molecule has 0 unspecified atom stereocenters. The second-order valence-electron chi connectivity index (χ2n) is 4.86. The zero-order valence-corrected chi connectivity index (χ0v) is 12.8. The van der Waals surface area contributed by atoms with Gasteiger partial charge in [-0.05, 0) is 44.2 Å². The molecule has 1 aromatic rings. The van der Waals surface area contributed by atoms with Gasteiger partial charge in [0.05, 0.1) is 6.61 Å². The van der Waals surface area contributed by atoms with E-state index >= 15 is 0 Å². The van der Waals surface area contributed by atoms with Gasteiger partial charge in [-0.25, -0.2) is 0 Å². The Morgan fingerprint density at radius 1 is 1.15 bits per heavy atom. The predicted molar refractivity (Wildman–Crippen MR) is 84.7 cm³/mol. The fourth-order valence-corrected chi connectivity index (χ4v) is 1.97. The summed E-state index contributed by atoms with van der Waals surface area (Å²) in [5.74, 6) is 0.929. The van der Waals surface area contributed by atoms with E-state index in [0.29, 0.717) is 0 Å². The van der Waals surface area contributed by atoms with Crippen molar-refractivity contribution in [2.45, 2.75) is 26.2 Å². The zero-order valence-electron chi connectivity index (χ0n) is 12.8. The van der Waals surface area contributed by atoms with Crippen molar-refractivity contribution in [3.8, 4) is 5.75 Å². The minimum atomic E-state index is 0.230. The highest BCUT2D eigenvalue weighted by atomic mass is 16.5. The monoisotopic (exact) mass is 280 g/mol. The van der Waals surface area contributed by atoms with E-state index in [4.69, 9.17) is 9.84 Å². The van der Waals surface area contributed by atoms with Gasteiger partial charge in [0.25, 0.3) is 0 Å². The Morgan fingerprint density at radius 3 is 2.50 bits per heavy atom. The molecule has 0 aromatic heterocycles. The molecular weight excluding hydrogens is 252 g/mol. The van der Waals surface area contributed by atoms with E-state index in [1.54, 1.807) is 0 Å². The number of unbranched alkanes of at least 4 members (excludes halogenated alkanes) is 1. The van der Waals surface area contributed by atoms with E-state index in [1.807, 2.05) is 19.2 Å². The molecule has 0 aliphatic carbocycles. The van der Waals surface area contributed by atoms with Crippen LogP contribution in [0.3, 0.4) is 0 Å². The topological polar surface area (TPSA) is 44.7 Å². The number of aliphatic hydroxyl groups excluding tert-OH is 1. The molecule has 0 radical (unpaired) electrons. The molecule has 0 heterocycles. The normalized spacial score (nSPS) is 10.6. The standard InChI is InChI=1S/C16H28N2O2/c1-3-4-14-20-16-8-6-15(7-9-16)18(11-5-13-19)12-10-17-2/h6-9,17,19H,3-5,10-14H2,1-2H3. The Bertz CT molecular complexity index is 333. The molecule has 0 saturated heterocycles. The number of hydrogen-bond acceptors (Lipinski definition) is 4. The Kier molecular flexibility index (Phi) is 8.83. The van der Waals surface area contributed by atoms with Gasteiger partial charge in [-0.1, -0.05) is 13.3 Å². The van der Waals surface area contributed by atoms with Crippen LogP contribution in [0.4, 0.5) is 5.69 Å². The summed E-state index contributed by atoms with van der Waals surface area (Å²) in [5, 5.41) is 12.2. The lowest BCUT2D eigenvalue weighted by Gasteiger charge is -2.24. The summed E-state index contributed by atoms with van der Waals surface area (Å²) in [6, 6.07) is 8.23. The fourth-order valence-electron chi connectivity index (χ4n) is 1.97. The first-order chi connectivity index (χ1) is 9.81. The van der Waals surface area contributed by atoms with Crippen LogP contribution < -0.4 is 15.0 Å². The van der Waals surface area contributed by atoms with Crippen molar-refractivity contribution >= 4 is 5.69 Å². The molecule has 1 aromatic carbocycles. The first kappa shape index (κ1) is 16.8. The Labute approximate surface area is 122 Å². The van der Waals surface area contributed by atoms with Gasteiger partial charge in [-0.15, -0.1) is 0 Å². The minimum Gasteiger partial charge on any atom is -0.494 e. The SMILES string of the molecule is CCCCOc1ccc(N(CCCO)CCNC)cc1. The fraction of sp³-hybridized carbons (Fsp3) is 0.625. The lowest BCUT2D eigenvalue weighted by molar-refractivity contribution is 0.289. The molecule has 0 bridgehead atoms. The third-order valence-corrected chi connectivity index (χ3v) is 3.19. The van der Waals surface area contributed by atoms with E-state index in [-0.39, 0.29) is 6.61 Å². The van der Waals surface area contributed by atoms with Crippen LogP contribution in [-0.2, 0) is 0 Å². The van der Waals surface area contributed by atoms with Crippen molar-refractivity contribution < 1.29 is 9.84 Å². The van der Waals surface area contributed by atoms with E-state index < -0.39 is 0 Å².